The van der Waals surface area contributed by atoms with E-state index in [1.54, 1.807) is 12.1 Å². The highest BCUT2D eigenvalue weighted by Gasteiger charge is 2.17. The lowest BCUT2D eigenvalue weighted by Gasteiger charge is -2.12. The highest BCUT2D eigenvalue weighted by Crippen LogP contribution is 2.23. The average Bonchev–Trinajstić information content (AvgIpc) is 2.70. The molecule has 0 aliphatic rings. The molecule has 1 heterocycles. The van der Waals surface area contributed by atoms with E-state index in [4.69, 9.17) is 4.74 Å². The zero-order valence-electron chi connectivity index (χ0n) is 15.5. The molecule has 2 N–H and O–H groups in total. The molecule has 1 amide bonds. The standard InChI is InChI=1S/C20H16F2N4O3/c1-11-23-16(10-17(24-11)26-18-13(21)7-5-8-14(18)22)19(27)25-15-9-4-3-6-12(15)20(28)29-2/h3-10H,1-2H3,(H,25,27)(H,23,24,26). The molecule has 7 nitrogen and oxygen atoms in total. The summed E-state index contributed by atoms with van der Waals surface area (Å²) in [5.41, 5.74) is -0.0550. The van der Waals surface area contributed by atoms with Crippen LogP contribution >= 0.6 is 0 Å². The third-order valence-corrected chi connectivity index (χ3v) is 3.87. The molecule has 0 aliphatic carbocycles. The number of esters is 1. The number of nitrogens with zero attached hydrogens (tertiary/aromatic N) is 2. The number of carbonyl (C=O) groups excluding carboxylic acids is 2. The molecular weight excluding hydrogens is 382 g/mol. The van der Waals surface area contributed by atoms with Gasteiger partial charge in [0.05, 0.1) is 18.4 Å². The molecule has 3 rings (SSSR count). The van der Waals surface area contributed by atoms with Gasteiger partial charge in [-0.1, -0.05) is 18.2 Å². The number of ether oxygens (including phenoxy) is 1. The van der Waals surface area contributed by atoms with Crippen molar-refractivity contribution in [2.45, 2.75) is 6.92 Å². The average molecular weight is 398 g/mol. The molecule has 1 aromatic heterocycles. The van der Waals surface area contributed by atoms with Crippen molar-refractivity contribution in [1.82, 2.24) is 9.97 Å². The number of methoxy groups -OCH3 is 1. The Kier molecular flexibility index (Phi) is 5.77. The molecule has 9 heteroatoms. The minimum absolute atomic E-state index is 0.0351. The summed E-state index contributed by atoms with van der Waals surface area (Å²) in [6, 6.07) is 11.0. The maximum atomic E-state index is 13.9. The second-order valence-corrected chi connectivity index (χ2v) is 5.90. The summed E-state index contributed by atoms with van der Waals surface area (Å²) in [5.74, 6) is -2.62. The van der Waals surface area contributed by atoms with Gasteiger partial charge in [-0.05, 0) is 31.2 Å². The van der Waals surface area contributed by atoms with Gasteiger partial charge in [0.1, 0.15) is 34.7 Å². The van der Waals surface area contributed by atoms with Crippen molar-refractivity contribution in [1.29, 1.82) is 0 Å². The quantitative estimate of drug-likeness (QED) is 0.635. The Morgan fingerprint density at radius 2 is 1.69 bits per heavy atom. The van der Waals surface area contributed by atoms with E-state index in [1.165, 1.54) is 38.3 Å². The van der Waals surface area contributed by atoms with Gasteiger partial charge in [0.25, 0.3) is 5.91 Å². The van der Waals surface area contributed by atoms with Gasteiger partial charge >= 0.3 is 5.97 Å². The second-order valence-electron chi connectivity index (χ2n) is 5.90. The van der Waals surface area contributed by atoms with Crippen molar-refractivity contribution in [3.05, 3.63) is 77.2 Å². The zero-order chi connectivity index (χ0) is 21.0. The summed E-state index contributed by atoms with van der Waals surface area (Å²) in [5, 5.41) is 5.10. The van der Waals surface area contributed by atoms with Crippen LogP contribution in [0.4, 0.5) is 26.0 Å². The molecule has 0 spiro atoms. The van der Waals surface area contributed by atoms with E-state index in [0.29, 0.717) is 0 Å². The number of hydrogen-bond donors (Lipinski definition) is 2. The fraction of sp³-hybridized carbons (Fsp3) is 0.100. The monoisotopic (exact) mass is 398 g/mol. The third-order valence-electron chi connectivity index (χ3n) is 3.87. The van der Waals surface area contributed by atoms with Gasteiger partial charge in [0, 0.05) is 6.07 Å². The SMILES string of the molecule is COC(=O)c1ccccc1NC(=O)c1cc(Nc2c(F)cccc2F)nc(C)n1. The lowest BCUT2D eigenvalue weighted by Crippen LogP contribution is -2.18. The molecule has 0 radical (unpaired) electrons. The summed E-state index contributed by atoms with van der Waals surface area (Å²) in [4.78, 5) is 32.6. The maximum absolute atomic E-state index is 13.9. The Bertz CT molecular complexity index is 1070. The number of anilines is 3. The van der Waals surface area contributed by atoms with Gasteiger partial charge in [0.15, 0.2) is 0 Å². The molecule has 0 saturated heterocycles. The first-order valence-electron chi connectivity index (χ1n) is 8.44. The minimum Gasteiger partial charge on any atom is -0.465 e. The van der Waals surface area contributed by atoms with E-state index in [0.717, 1.165) is 12.1 Å². The van der Waals surface area contributed by atoms with Crippen molar-refractivity contribution in [3.8, 4) is 0 Å². The molecular formula is C20H16F2N4O3. The first-order valence-corrected chi connectivity index (χ1v) is 8.44. The number of halogens is 2. The molecule has 0 saturated carbocycles. The van der Waals surface area contributed by atoms with Crippen LogP contribution in [0.3, 0.4) is 0 Å². The number of amides is 1. The highest BCUT2D eigenvalue weighted by molar-refractivity contribution is 6.07. The topological polar surface area (TPSA) is 93.2 Å². The molecule has 148 valence electrons. The Balaban J connectivity index is 1.89. The van der Waals surface area contributed by atoms with Crippen LogP contribution in [0.25, 0.3) is 0 Å². The summed E-state index contributed by atoms with van der Waals surface area (Å²) in [6.45, 7) is 1.53. The predicted molar refractivity (Wildman–Crippen MR) is 102 cm³/mol. The molecule has 0 bridgehead atoms. The van der Waals surface area contributed by atoms with Crippen LogP contribution in [-0.4, -0.2) is 29.0 Å². The van der Waals surface area contributed by atoms with Gasteiger partial charge in [-0.15, -0.1) is 0 Å². The van der Waals surface area contributed by atoms with Crippen LogP contribution in [0.5, 0.6) is 0 Å². The number of para-hydroxylation sites is 2. The second kappa shape index (κ2) is 8.42. The first-order chi connectivity index (χ1) is 13.9. The number of nitrogens with one attached hydrogen (secondary N) is 2. The predicted octanol–water partition coefficient (Wildman–Crippen LogP) is 3.85. The molecule has 3 aromatic rings. The molecule has 2 aromatic carbocycles. The Labute approximate surface area is 164 Å². The van der Waals surface area contributed by atoms with Crippen molar-refractivity contribution >= 4 is 29.1 Å². The van der Waals surface area contributed by atoms with Crippen LogP contribution in [-0.2, 0) is 4.74 Å². The lowest BCUT2D eigenvalue weighted by atomic mass is 10.1. The number of aromatic nitrogens is 2. The van der Waals surface area contributed by atoms with Crippen LogP contribution in [0.1, 0.15) is 26.7 Å². The fourth-order valence-electron chi connectivity index (χ4n) is 2.56. The maximum Gasteiger partial charge on any atom is 0.339 e. The largest absolute Gasteiger partial charge is 0.465 e. The van der Waals surface area contributed by atoms with E-state index < -0.39 is 29.2 Å². The van der Waals surface area contributed by atoms with Gasteiger partial charge in [-0.2, -0.15) is 0 Å². The Morgan fingerprint density at radius 1 is 1.00 bits per heavy atom. The van der Waals surface area contributed by atoms with Crippen LogP contribution < -0.4 is 10.6 Å². The minimum atomic E-state index is -0.806. The van der Waals surface area contributed by atoms with E-state index in [-0.39, 0.29) is 28.6 Å². The van der Waals surface area contributed by atoms with Gasteiger partial charge < -0.3 is 15.4 Å². The zero-order valence-corrected chi connectivity index (χ0v) is 15.5. The van der Waals surface area contributed by atoms with E-state index in [2.05, 4.69) is 20.6 Å². The highest BCUT2D eigenvalue weighted by atomic mass is 19.1. The summed E-state index contributed by atoms with van der Waals surface area (Å²) in [6.07, 6.45) is 0. The number of benzene rings is 2. The van der Waals surface area contributed by atoms with E-state index >= 15 is 0 Å². The first kappa shape index (κ1) is 19.9. The molecule has 0 unspecified atom stereocenters. The van der Waals surface area contributed by atoms with Crippen molar-refractivity contribution in [2.24, 2.45) is 0 Å². The van der Waals surface area contributed by atoms with Crippen molar-refractivity contribution in [3.63, 3.8) is 0 Å². The lowest BCUT2D eigenvalue weighted by molar-refractivity contribution is 0.0602. The van der Waals surface area contributed by atoms with Gasteiger partial charge in [-0.25, -0.2) is 23.5 Å². The summed E-state index contributed by atoms with van der Waals surface area (Å²) < 4.78 is 32.4. The summed E-state index contributed by atoms with van der Waals surface area (Å²) >= 11 is 0. The molecule has 0 fully saturated rings. The van der Waals surface area contributed by atoms with Gasteiger partial charge in [-0.3, -0.25) is 4.79 Å². The number of aryl methyl sites for hydroxylation is 1. The number of hydrogen-bond acceptors (Lipinski definition) is 6. The smallest absolute Gasteiger partial charge is 0.339 e. The van der Waals surface area contributed by atoms with Crippen molar-refractivity contribution in [2.75, 3.05) is 17.7 Å². The molecule has 0 aliphatic heterocycles. The van der Waals surface area contributed by atoms with Crippen molar-refractivity contribution < 1.29 is 23.1 Å². The fourth-order valence-corrected chi connectivity index (χ4v) is 2.56. The van der Waals surface area contributed by atoms with Crippen LogP contribution in [0, 0.1) is 18.6 Å². The third kappa shape index (κ3) is 4.52. The molecule has 0 atom stereocenters. The van der Waals surface area contributed by atoms with Crippen LogP contribution in [0.2, 0.25) is 0 Å². The van der Waals surface area contributed by atoms with Crippen LogP contribution in [0.15, 0.2) is 48.5 Å². The van der Waals surface area contributed by atoms with Gasteiger partial charge in [0.2, 0.25) is 0 Å². The van der Waals surface area contributed by atoms with E-state index in [9.17, 15) is 18.4 Å². The number of rotatable bonds is 5. The summed E-state index contributed by atoms with van der Waals surface area (Å²) in [7, 11) is 1.23. The number of carbonyl (C=O) groups is 2. The Morgan fingerprint density at radius 3 is 2.38 bits per heavy atom. The van der Waals surface area contributed by atoms with E-state index in [1.807, 2.05) is 0 Å². The normalized spacial score (nSPS) is 10.3. The Hall–Kier alpha value is -3.88. The molecule has 29 heavy (non-hydrogen) atoms.